The van der Waals surface area contributed by atoms with Crippen molar-refractivity contribution in [1.82, 2.24) is 14.5 Å². The van der Waals surface area contributed by atoms with Crippen molar-refractivity contribution in [2.75, 3.05) is 0 Å². The van der Waals surface area contributed by atoms with E-state index in [9.17, 15) is 0 Å². The zero-order valence-electron chi connectivity index (χ0n) is 26.0. The van der Waals surface area contributed by atoms with Gasteiger partial charge < -0.3 is 0 Å². The summed E-state index contributed by atoms with van der Waals surface area (Å²) in [7, 11) is 0. The average Bonchev–Trinajstić information content (AvgIpc) is 3.79. The van der Waals surface area contributed by atoms with Crippen molar-refractivity contribution >= 4 is 54.0 Å². The van der Waals surface area contributed by atoms with Crippen LogP contribution in [0.3, 0.4) is 0 Å². The fourth-order valence-corrected chi connectivity index (χ4v) is 8.63. The van der Waals surface area contributed by atoms with Gasteiger partial charge in [-0.15, -0.1) is 11.3 Å². The number of fused-ring (bicyclic) bond motifs is 9. The molecule has 1 aliphatic carbocycles. The molecule has 0 radical (unpaired) electrons. The van der Waals surface area contributed by atoms with E-state index in [2.05, 4.69) is 157 Å². The van der Waals surface area contributed by atoms with E-state index in [0.717, 1.165) is 33.2 Å². The molecule has 6 aromatic carbocycles. The third-order valence-corrected chi connectivity index (χ3v) is 10.9. The van der Waals surface area contributed by atoms with Gasteiger partial charge in [0, 0.05) is 37.4 Å². The first-order chi connectivity index (χ1) is 23.1. The van der Waals surface area contributed by atoms with Crippen molar-refractivity contribution in [3.8, 4) is 39.6 Å². The third kappa shape index (κ3) is 3.79. The Kier molecular flexibility index (Phi) is 5.50. The van der Waals surface area contributed by atoms with E-state index < -0.39 is 0 Å². The van der Waals surface area contributed by atoms with Gasteiger partial charge in [0.15, 0.2) is 0 Å². The standard InChI is InChI=1S/C43H29N3S/c1-43(2)34-24-29-16-10-9-15-28(29)23-33(34)41-39(43)38-32-21-22-47-37(32)20-19-36(38)46(41)42-44-35-25-30(26-11-5-3-6-12-26)17-18-31(35)40(45-42)27-13-7-4-8-14-27/h3-25H,1-2H3. The first kappa shape index (κ1) is 26.6. The fraction of sp³-hybridized carbons (Fsp3) is 0.0698. The Morgan fingerprint density at radius 3 is 2.13 bits per heavy atom. The minimum Gasteiger partial charge on any atom is -0.278 e. The maximum atomic E-state index is 5.45. The Labute approximate surface area is 276 Å². The minimum atomic E-state index is -0.214. The molecule has 0 N–H and O–H groups in total. The molecule has 9 aromatic rings. The molecular weight excluding hydrogens is 591 g/mol. The number of aromatic nitrogens is 3. The van der Waals surface area contributed by atoms with E-state index in [-0.39, 0.29) is 5.41 Å². The molecule has 3 aromatic heterocycles. The summed E-state index contributed by atoms with van der Waals surface area (Å²) in [6.07, 6.45) is 0. The lowest BCUT2D eigenvalue weighted by Crippen LogP contribution is -2.14. The molecule has 47 heavy (non-hydrogen) atoms. The topological polar surface area (TPSA) is 30.7 Å². The van der Waals surface area contributed by atoms with Gasteiger partial charge in [0.1, 0.15) is 0 Å². The van der Waals surface area contributed by atoms with Gasteiger partial charge >= 0.3 is 0 Å². The van der Waals surface area contributed by atoms with Crippen LogP contribution in [0.4, 0.5) is 0 Å². The fourth-order valence-electron chi connectivity index (χ4n) is 7.84. The van der Waals surface area contributed by atoms with Crippen LogP contribution >= 0.6 is 11.3 Å². The maximum Gasteiger partial charge on any atom is 0.235 e. The summed E-state index contributed by atoms with van der Waals surface area (Å²) in [5, 5.41) is 8.35. The van der Waals surface area contributed by atoms with Crippen LogP contribution in [0.25, 0.3) is 82.3 Å². The molecule has 222 valence electrons. The van der Waals surface area contributed by atoms with Crippen molar-refractivity contribution in [3.63, 3.8) is 0 Å². The Bertz CT molecular complexity index is 2700. The number of nitrogens with zero attached hydrogens (tertiary/aromatic N) is 3. The monoisotopic (exact) mass is 619 g/mol. The molecule has 0 saturated heterocycles. The van der Waals surface area contributed by atoms with E-state index >= 15 is 0 Å². The molecule has 1 aliphatic rings. The normalized spacial score (nSPS) is 13.5. The van der Waals surface area contributed by atoms with Gasteiger partial charge in [-0.2, -0.15) is 0 Å². The number of rotatable bonds is 3. The summed E-state index contributed by atoms with van der Waals surface area (Å²) in [4.78, 5) is 10.9. The molecule has 0 spiro atoms. The predicted octanol–water partition coefficient (Wildman–Crippen LogP) is 11.6. The molecule has 0 bridgehead atoms. The number of hydrogen-bond donors (Lipinski definition) is 0. The summed E-state index contributed by atoms with van der Waals surface area (Å²) >= 11 is 1.80. The highest BCUT2D eigenvalue weighted by molar-refractivity contribution is 7.17. The second-order valence-corrected chi connectivity index (χ2v) is 14.0. The van der Waals surface area contributed by atoms with Crippen molar-refractivity contribution in [2.45, 2.75) is 19.3 Å². The minimum absolute atomic E-state index is 0.214. The summed E-state index contributed by atoms with van der Waals surface area (Å²) in [6, 6.07) is 48.0. The predicted molar refractivity (Wildman–Crippen MR) is 198 cm³/mol. The highest BCUT2D eigenvalue weighted by Crippen LogP contribution is 2.55. The summed E-state index contributed by atoms with van der Waals surface area (Å²) in [6.45, 7) is 4.76. The van der Waals surface area contributed by atoms with Crippen molar-refractivity contribution in [3.05, 3.63) is 150 Å². The van der Waals surface area contributed by atoms with Crippen molar-refractivity contribution in [1.29, 1.82) is 0 Å². The van der Waals surface area contributed by atoms with Crippen molar-refractivity contribution < 1.29 is 0 Å². The number of thiophene rings is 1. The van der Waals surface area contributed by atoms with E-state index in [1.54, 1.807) is 11.3 Å². The molecular formula is C43H29N3S. The molecule has 0 fully saturated rings. The molecule has 0 aliphatic heterocycles. The van der Waals surface area contributed by atoms with E-state index in [4.69, 9.17) is 9.97 Å². The zero-order valence-corrected chi connectivity index (χ0v) is 26.8. The van der Waals surface area contributed by atoms with Crippen LogP contribution in [0.2, 0.25) is 0 Å². The first-order valence-corrected chi connectivity index (χ1v) is 17.0. The van der Waals surface area contributed by atoms with E-state index in [0.29, 0.717) is 5.95 Å². The second-order valence-electron chi connectivity index (χ2n) is 13.1. The summed E-state index contributed by atoms with van der Waals surface area (Å²) in [5.41, 5.74) is 11.3. The Morgan fingerprint density at radius 1 is 0.617 bits per heavy atom. The Hall–Kier alpha value is -5.58. The van der Waals surface area contributed by atoms with Gasteiger partial charge in [-0.1, -0.05) is 105 Å². The van der Waals surface area contributed by atoms with Crippen LogP contribution in [-0.2, 0) is 5.41 Å². The van der Waals surface area contributed by atoms with Crippen LogP contribution in [0, 0.1) is 0 Å². The van der Waals surface area contributed by atoms with Gasteiger partial charge in [-0.25, -0.2) is 9.97 Å². The second kappa shape index (κ2) is 9.71. The van der Waals surface area contributed by atoms with Gasteiger partial charge in [0.05, 0.1) is 22.4 Å². The molecule has 3 nitrogen and oxygen atoms in total. The smallest absolute Gasteiger partial charge is 0.235 e. The third-order valence-electron chi connectivity index (χ3n) is 10.0. The van der Waals surface area contributed by atoms with Gasteiger partial charge in [-0.3, -0.25) is 4.57 Å². The van der Waals surface area contributed by atoms with E-state index in [1.165, 1.54) is 54.2 Å². The SMILES string of the molecule is CC1(C)c2cc3ccccc3cc2-c2c1c1c3ccsc3ccc1n2-c1nc(-c2ccccc2)c2ccc(-c3ccccc3)cc2n1. The maximum absolute atomic E-state index is 5.45. The van der Waals surface area contributed by atoms with Gasteiger partial charge in [0.25, 0.3) is 0 Å². The highest BCUT2D eigenvalue weighted by atomic mass is 32.1. The van der Waals surface area contributed by atoms with E-state index in [1.807, 2.05) is 0 Å². The first-order valence-electron chi connectivity index (χ1n) is 16.1. The highest BCUT2D eigenvalue weighted by Gasteiger charge is 2.42. The Morgan fingerprint density at radius 2 is 1.34 bits per heavy atom. The largest absolute Gasteiger partial charge is 0.278 e. The van der Waals surface area contributed by atoms with Crippen LogP contribution in [0.1, 0.15) is 25.0 Å². The summed E-state index contributed by atoms with van der Waals surface area (Å²) < 4.78 is 3.65. The number of hydrogen-bond acceptors (Lipinski definition) is 3. The molecule has 0 atom stereocenters. The lowest BCUT2D eigenvalue weighted by Gasteiger charge is -2.22. The molecule has 0 unspecified atom stereocenters. The summed E-state index contributed by atoms with van der Waals surface area (Å²) in [5.74, 6) is 0.694. The van der Waals surface area contributed by atoms with Crippen LogP contribution in [0.5, 0.6) is 0 Å². The van der Waals surface area contributed by atoms with Gasteiger partial charge in [-0.05, 0) is 80.9 Å². The Balaban J connectivity index is 1.35. The molecule has 4 heteroatoms. The lowest BCUT2D eigenvalue weighted by atomic mass is 9.80. The molecule has 0 amide bonds. The molecule has 0 saturated carbocycles. The quantitative estimate of drug-likeness (QED) is 0.197. The van der Waals surface area contributed by atoms with Crippen LogP contribution in [0.15, 0.2) is 139 Å². The number of benzene rings is 6. The van der Waals surface area contributed by atoms with Crippen LogP contribution in [-0.4, -0.2) is 14.5 Å². The zero-order chi connectivity index (χ0) is 31.3. The van der Waals surface area contributed by atoms with Crippen LogP contribution < -0.4 is 0 Å². The lowest BCUT2D eigenvalue weighted by molar-refractivity contribution is 0.667. The molecule has 10 rings (SSSR count). The van der Waals surface area contributed by atoms with Gasteiger partial charge in [0.2, 0.25) is 5.95 Å². The molecule has 3 heterocycles. The van der Waals surface area contributed by atoms with Crippen molar-refractivity contribution in [2.24, 2.45) is 0 Å². The average molecular weight is 620 g/mol.